The van der Waals surface area contributed by atoms with Crippen molar-refractivity contribution in [1.29, 1.82) is 0 Å². The Morgan fingerprint density at radius 3 is 2.23 bits per heavy atom. The fourth-order valence-corrected chi connectivity index (χ4v) is 3.67. The third-order valence-electron chi connectivity index (χ3n) is 5.35. The lowest BCUT2D eigenvalue weighted by Gasteiger charge is -2.39. The zero-order valence-corrected chi connectivity index (χ0v) is 15.7. The van der Waals surface area contributed by atoms with Gasteiger partial charge in [0.2, 0.25) is 0 Å². The lowest BCUT2D eigenvalue weighted by atomic mass is 9.73. The van der Waals surface area contributed by atoms with E-state index in [4.69, 9.17) is 0 Å². The van der Waals surface area contributed by atoms with Crippen LogP contribution in [-0.4, -0.2) is 46.4 Å². The summed E-state index contributed by atoms with van der Waals surface area (Å²) >= 11 is 0. The van der Waals surface area contributed by atoms with Gasteiger partial charge in [-0.15, -0.1) is 0 Å². The molecule has 2 amide bonds. The first-order chi connectivity index (χ1) is 12.3. The molecule has 0 bridgehead atoms. The number of hydrogen-bond acceptors (Lipinski definition) is 3. The summed E-state index contributed by atoms with van der Waals surface area (Å²) in [4.78, 5) is 38.2. The fourth-order valence-electron chi connectivity index (χ4n) is 3.67. The molecule has 0 heterocycles. The van der Waals surface area contributed by atoms with Crippen LogP contribution in [0.4, 0.5) is 0 Å². The topological polar surface area (TPSA) is 86.7 Å². The van der Waals surface area contributed by atoms with Crippen molar-refractivity contribution >= 4 is 17.8 Å². The van der Waals surface area contributed by atoms with Gasteiger partial charge in [-0.05, 0) is 57.9 Å². The van der Waals surface area contributed by atoms with E-state index in [1.807, 2.05) is 13.8 Å². The molecule has 0 aliphatic heterocycles. The maximum atomic E-state index is 12.6. The number of nitrogens with zero attached hydrogens (tertiary/aromatic N) is 1. The third-order valence-corrected chi connectivity index (χ3v) is 5.35. The molecule has 0 radical (unpaired) electrons. The highest BCUT2D eigenvalue weighted by atomic mass is 16.4. The highest BCUT2D eigenvalue weighted by Crippen LogP contribution is 2.34. The molecule has 1 saturated carbocycles. The van der Waals surface area contributed by atoms with Crippen molar-refractivity contribution in [3.05, 3.63) is 35.4 Å². The van der Waals surface area contributed by atoms with Crippen LogP contribution in [-0.2, 0) is 4.79 Å². The predicted octanol–water partition coefficient (Wildman–Crippen LogP) is 2.93. The average molecular weight is 360 g/mol. The number of carboxylic acid groups (broad SMARTS) is 1. The number of aliphatic carboxylic acids is 1. The highest BCUT2D eigenvalue weighted by Gasteiger charge is 2.42. The molecule has 1 aliphatic rings. The first-order valence-electron chi connectivity index (χ1n) is 9.27. The van der Waals surface area contributed by atoms with E-state index in [9.17, 15) is 19.5 Å². The minimum absolute atomic E-state index is 0.0628. The summed E-state index contributed by atoms with van der Waals surface area (Å²) in [6.07, 6.45) is 2.99. The number of carboxylic acids is 1. The lowest BCUT2D eigenvalue weighted by molar-refractivity contribution is -0.145. The van der Waals surface area contributed by atoms with Gasteiger partial charge < -0.3 is 15.3 Å². The molecule has 1 aromatic rings. The third kappa shape index (κ3) is 4.23. The van der Waals surface area contributed by atoms with Crippen molar-refractivity contribution < 1.29 is 19.5 Å². The van der Waals surface area contributed by atoms with Crippen LogP contribution in [0, 0.1) is 5.92 Å². The van der Waals surface area contributed by atoms with Crippen LogP contribution < -0.4 is 5.32 Å². The first-order valence-corrected chi connectivity index (χ1v) is 9.27. The molecule has 2 atom stereocenters. The van der Waals surface area contributed by atoms with Gasteiger partial charge in [0.05, 0.1) is 11.5 Å². The van der Waals surface area contributed by atoms with E-state index in [0.717, 1.165) is 12.8 Å². The van der Waals surface area contributed by atoms with Crippen molar-refractivity contribution in [2.24, 2.45) is 5.92 Å². The normalized spacial score (nSPS) is 22.5. The van der Waals surface area contributed by atoms with E-state index in [1.54, 1.807) is 36.1 Å². The van der Waals surface area contributed by atoms with E-state index in [2.05, 4.69) is 5.32 Å². The summed E-state index contributed by atoms with van der Waals surface area (Å²) in [5.74, 6) is -1.81. The van der Waals surface area contributed by atoms with Crippen LogP contribution >= 0.6 is 0 Å². The van der Waals surface area contributed by atoms with Crippen molar-refractivity contribution in [3.63, 3.8) is 0 Å². The molecular weight excluding hydrogens is 332 g/mol. The van der Waals surface area contributed by atoms with E-state index < -0.39 is 17.4 Å². The number of carbonyl (C=O) groups excluding carboxylic acids is 2. The smallest absolute Gasteiger partial charge is 0.308 e. The van der Waals surface area contributed by atoms with E-state index in [0.29, 0.717) is 37.1 Å². The highest BCUT2D eigenvalue weighted by molar-refractivity contribution is 5.98. The molecule has 6 nitrogen and oxygen atoms in total. The van der Waals surface area contributed by atoms with Gasteiger partial charge in [-0.2, -0.15) is 0 Å². The Morgan fingerprint density at radius 2 is 1.69 bits per heavy atom. The number of carbonyl (C=O) groups is 3. The van der Waals surface area contributed by atoms with Crippen LogP contribution in [0.15, 0.2) is 24.3 Å². The number of rotatable bonds is 6. The second-order valence-corrected chi connectivity index (χ2v) is 7.06. The Balaban J connectivity index is 2.12. The molecule has 6 heteroatoms. The molecule has 2 N–H and O–H groups in total. The molecule has 2 rings (SSSR count). The van der Waals surface area contributed by atoms with Crippen LogP contribution in [0.25, 0.3) is 0 Å². The predicted molar refractivity (Wildman–Crippen MR) is 99.2 cm³/mol. The van der Waals surface area contributed by atoms with Gasteiger partial charge in [0.15, 0.2) is 0 Å². The summed E-state index contributed by atoms with van der Waals surface area (Å²) in [5.41, 5.74) is 0.214. The second-order valence-electron chi connectivity index (χ2n) is 7.06. The van der Waals surface area contributed by atoms with Crippen LogP contribution in [0.3, 0.4) is 0 Å². The molecule has 1 aliphatic carbocycles. The van der Waals surface area contributed by atoms with E-state index >= 15 is 0 Å². The van der Waals surface area contributed by atoms with Gasteiger partial charge in [0, 0.05) is 24.2 Å². The summed E-state index contributed by atoms with van der Waals surface area (Å²) in [7, 11) is 0. The Labute approximate surface area is 154 Å². The fraction of sp³-hybridized carbons (Fsp3) is 0.550. The van der Waals surface area contributed by atoms with Gasteiger partial charge in [-0.1, -0.05) is 12.8 Å². The second kappa shape index (κ2) is 8.34. The number of hydrogen-bond donors (Lipinski definition) is 2. The monoisotopic (exact) mass is 360 g/mol. The maximum Gasteiger partial charge on any atom is 0.308 e. The minimum Gasteiger partial charge on any atom is -0.481 e. The minimum atomic E-state index is -0.868. The average Bonchev–Trinajstić information content (AvgIpc) is 2.62. The largest absolute Gasteiger partial charge is 0.481 e. The van der Waals surface area contributed by atoms with E-state index in [1.165, 1.54) is 0 Å². The Bertz CT molecular complexity index is 667. The lowest BCUT2D eigenvalue weighted by Crippen LogP contribution is -2.55. The number of nitrogens with one attached hydrogen (secondary N) is 1. The first kappa shape index (κ1) is 19.9. The molecule has 1 aromatic carbocycles. The standard InChI is InChI=1S/C20H28N2O4/c1-4-22(5-2)18(24)15-11-9-14(10-12-15)17(23)21-20(3)13-7-6-8-16(20)19(25)26/h9-12,16H,4-8,13H2,1-3H3,(H,21,23)(H,25,26). The van der Waals surface area contributed by atoms with Crippen LogP contribution in [0.2, 0.25) is 0 Å². The van der Waals surface area contributed by atoms with Gasteiger partial charge >= 0.3 is 5.97 Å². The van der Waals surface area contributed by atoms with Crippen LogP contribution in [0.1, 0.15) is 67.2 Å². The molecule has 0 saturated heterocycles. The van der Waals surface area contributed by atoms with Crippen molar-refractivity contribution in [3.8, 4) is 0 Å². The van der Waals surface area contributed by atoms with Crippen molar-refractivity contribution in [2.45, 2.75) is 52.0 Å². The van der Waals surface area contributed by atoms with Gasteiger partial charge in [0.1, 0.15) is 0 Å². The quantitative estimate of drug-likeness (QED) is 0.817. The van der Waals surface area contributed by atoms with Crippen molar-refractivity contribution in [2.75, 3.05) is 13.1 Å². The molecule has 26 heavy (non-hydrogen) atoms. The SMILES string of the molecule is CCN(CC)C(=O)c1ccc(C(=O)NC2(C)CCCCC2C(=O)O)cc1. The maximum absolute atomic E-state index is 12.6. The molecule has 2 unspecified atom stereocenters. The van der Waals surface area contributed by atoms with Gasteiger partial charge in [-0.25, -0.2) is 0 Å². The van der Waals surface area contributed by atoms with Crippen LogP contribution in [0.5, 0.6) is 0 Å². The molecule has 0 aromatic heterocycles. The van der Waals surface area contributed by atoms with Crippen molar-refractivity contribution in [1.82, 2.24) is 10.2 Å². The molecule has 0 spiro atoms. The Kier molecular flexibility index (Phi) is 6.40. The Morgan fingerprint density at radius 1 is 1.12 bits per heavy atom. The zero-order valence-electron chi connectivity index (χ0n) is 15.7. The molecular formula is C20H28N2O4. The summed E-state index contributed by atoms with van der Waals surface area (Å²) in [6, 6.07) is 6.53. The van der Waals surface area contributed by atoms with E-state index in [-0.39, 0.29) is 11.8 Å². The molecule has 142 valence electrons. The summed E-state index contributed by atoms with van der Waals surface area (Å²) in [5, 5.41) is 12.4. The molecule has 1 fully saturated rings. The Hall–Kier alpha value is -2.37. The number of amides is 2. The van der Waals surface area contributed by atoms with Gasteiger partial charge in [0.25, 0.3) is 11.8 Å². The zero-order chi connectivity index (χ0) is 19.3. The van der Waals surface area contributed by atoms with Gasteiger partial charge in [-0.3, -0.25) is 14.4 Å². The number of benzene rings is 1. The summed E-state index contributed by atoms with van der Waals surface area (Å²) < 4.78 is 0. The summed E-state index contributed by atoms with van der Waals surface area (Å²) in [6.45, 7) is 6.92.